The van der Waals surface area contributed by atoms with Crippen molar-refractivity contribution in [3.63, 3.8) is 0 Å². The van der Waals surface area contributed by atoms with Crippen LogP contribution in [-0.2, 0) is 0 Å². The Hall–Kier alpha value is -2.88. The minimum Gasteiger partial charge on any atom is -0.417 e. The molecule has 25 heavy (non-hydrogen) atoms. The highest BCUT2D eigenvalue weighted by Gasteiger charge is 2.17. The fourth-order valence-electron chi connectivity index (χ4n) is 2.13. The number of alkyl halides is 2. The summed E-state index contributed by atoms with van der Waals surface area (Å²) in [5.74, 6) is -0.196. The number of hydrogen-bond acceptors (Lipinski definition) is 5. The Morgan fingerprint density at radius 2 is 1.92 bits per heavy atom. The Bertz CT molecular complexity index is 915. The van der Waals surface area contributed by atoms with Gasteiger partial charge in [0.25, 0.3) is 5.69 Å². The summed E-state index contributed by atoms with van der Waals surface area (Å²) in [5, 5.41) is 15.0. The first-order valence-corrected chi connectivity index (χ1v) is 7.64. The average Bonchev–Trinajstić information content (AvgIpc) is 2.98. The minimum absolute atomic E-state index is 0.122. The van der Waals surface area contributed by atoms with Crippen LogP contribution >= 0.6 is 15.9 Å². The first-order chi connectivity index (χ1) is 11.9. The maximum Gasteiger partial charge on any atom is 0.388 e. The lowest BCUT2D eigenvalue weighted by atomic mass is 10.2. The smallest absolute Gasteiger partial charge is 0.388 e. The van der Waals surface area contributed by atoms with Crippen LogP contribution in [0.15, 0.2) is 53.3 Å². The summed E-state index contributed by atoms with van der Waals surface area (Å²) in [6, 6.07) is 8.37. The van der Waals surface area contributed by atoms with Gasteiger partial charge in [-0.15, -0.1) is 0 Å². The highest BCUT2D eigenvalue weighted by atomic mass is 79.9. The maximum absolute atomic E-state index is 12.7. The number of nitro groups is 1. The van der Waals surface area contributed by atoms with Crippen LogP contribution in [0.25, 0.3) is 16.9 Å². The largest absolute Gasteiger partial charge is 0.417 e. The number of hydrogen-bond donors (Lipinski definition) is 0. The molecule has 0 saturated carbocycles. The Kier molecular flexibility index (Phi) is 4.70. The highest BCUT2D eigenvalue weighted by Crippen LogP contribution is 2.29. The normalized spacial score (nSPS) is 10.9. The van der Waals surface area contributed by atoms with Gasteiger partial charge in [0, 0.05) is 40.6 Å². The van der Waals surface area contributed by atoms with Crippen LogP contribution in [0.3, 0.4) is 0 Å². The van der Waals surface area contributed by atoms with Crippen LogP contribution < -0.4 is 4.74 Å². The van der Waals surface area contributed by atoms with E-state index in [1.165, 1.54) is 36.5 Å². The molecule has 7 nitrogen and oxygen atoms in total. The molecular formula is C15H9BrF2N4O3. The van der Waals surface area contributed by atoms with Crippen molar-refractivity contribution in [2.24, 2.45) is 0 Å². The second-order valence-corrected chi connectivity index (χ2v) is 5.74. The van der Waals surface area contributed by atoms with E-state index in [0.29, 0.717) is 21.4 Å². The van der Waals surface area contributed by atoms with Gasteiger partial charge in [-0.25, -0.2) is 4.68 Å². The van der Waals surface area contributed by atoms with Gasteiger partial charge in [0.1, 0.15) is 0 Å². The third-order valence-corrected chi connectivity index (χ3v) is 3.63. The van der Waals surface area contributed by atoms with Crippen LogP contribution in [0.4, 0.5) is 14.5 Å². The van der Waals surface area contributed by atoms with E-state index in [0.717, 1.165) is 4.68 Å². The molecule has 0 bridgehead atoms. The van der Waals surface area contributed by atoms with Crippen molar-refractivity contribution in [2.75, 3.05) is 0 Å². The van der Waals surface area contributed by atoms with Crippen molar-refractivity contribution in [1.82, 2.24) is 14.8 Å². The summed E-state index contributed by atoms with van der Waals surface area (Å²) in [6.45, 7) is -3.04. The van der Waals surface area contributed by atoms with Crippen molar-refractivity contribution in [3.05, 3.63) is 63.4 Å². The van der Waals surface area contributed by atoms with Gasteiger partial charge in [0.2, 0.25) is 5.88 Å². The topological polar surface area (TPSA) is 83.1 Å². The van der Waals surface area contributed by atoms with Crippen LogP contribution in [0.5, 0.6) is 5.88 Å². The van der Waals surface area contributed by atoms with E-state index in [1.807, 2.05) is 0 Å². The Morgan fingerprint density at radius 3 is 2.52 bits per heavy atom. The van der Waals surface area contributed by atoms with Crippen molar-refractivity contribution >= 4 is 21.6 Å². The monoisotopic (exact) mass is 410 g/mol. The molecule has 0 spiro atoms. The molecule has 128 valence electrons. The van der Waals surface area contributed by atoms with E-state index in [-0.39, 0.29) is 11.6 Å². The lowest BCUT2D eigenvalue weighted by Crippen LogP contribution is -2.07. The van der Waals surface area contributed by atoms with Crippen LogP contribution in [0.2, 0.25) is 0 Å². The number of nitrogens with zero attached hydrogens (tertiary/aromatic N) is 4. The molecule has 0 unspecified atom stereocenters. The Morgan fingerprint density at radius 1 is 1.20 bits per heavy atom. The lowest BCUT2D eigenvalue weighted by molar-refractivity contribution is -0.384. The number of aromatic nitrogens is 3. The molecule has 0 amide bonds. The van der Waals surface area contributed by atoms with Crippen molar-refractivity contribution in [1.29, 1.82) is 0 Å². The average molecular weight is 411 g/mol. The number of rotatable bonds is 5. The van der Waals surface area contributed by atoms with Crippen molar-refractivity contribution in [3.8, 4) is 22.8 Å². The molecule has 2 heterocycles. The zero-order valence-corrected chi connectivity index (χ0v) is 13.9. The predicted octanol–water partition coefficient (Wildman–Crippen LogP) is 4.21. The molecule has 0 radical (unpaired) electrons. The van der Waals surface area contributed by atoms with Crippen LogP contribution in [0, 0.1) is 10.1 Å². The minimum atomic E-state index is -3.04. The Labute approximate surface area is 148 Å². The maximum atomic E-state index is 12.7. The molecule has 3 aromatic rings. The second kappa shape index (κ2) is 6.93. The van der Waals surface area contributed by atoms with E-state index >= 15 is 0 Å². The third-order valence-electron chi connectivity index (χ3n) is 3.19. The van der Waals surface area contributed by atoms with Crippen molar-refractivity contribution in [2.45, 2.75) is 6.61 Å². The number of pyridine rings is 1. The SMILES string of the molecule is O=[N+]([O-])c1ccc(-n2nc(-c3cncc(Br)c3)cc2OC(F)F)cc1. The van der Waals surface area contributed by atoms with Crippen LogP contribution in [-0.4, -0.2) is 26.3 Å². The van der Waals surface area contributed by atoms with Gasteiger partial charge in [0.15, 0.2) is 0 Å². The zero-order valence-electron chi connectivity index (χ0n) is 12.3. The van der Waals surface area contributed by atoms with Gasteiger partial charge in [-0.3, -0.25) is 15.1 Å². The fraction of sp³-hybridized carbons (Fsp3) is 0.0667. The van der Waals surface area contributed by atoms with Gasteiger partial charge < -0.3 is 4.74 Å². The lowest BCUT2D eigenvalue weighted by Gasteiger charge is -2.07. The number of nitro benzene ring substituents is 1. The molecule has 0 saturated heterocycles. The summed E-state index contributed by atoms with van der Waals surface area (Å²) in [6.07, 6.45) is 3.10. The summed E-state index contributed by atoms with van der Waals surface area (Å²) in [7, 11) is 0. The molecule has 0 aliphatic heterocycles. The first kappa shape index (κ1) is 17.0. The molecular weight excluding hydrogens is 402 g/mol. The molecule has 1 aromatic carbocycles. The van der Waals surface area contributed by atoms with Gasteiger partial charge in [0.05, 0.1) is 16.3 Å². The number of benzene rings is 1. The molecule has 0 aliphatic carbocycles. The van der Waals surface area contributed by atoms with E-state index in [1.54, 1.807) is 12.3 Å². The summed E-state index contributed by atoms with van der Waals surface area (Å²) in [4.78, 5) is 14.2. The standard InChI is InChI=1S/C15H9BrF2N4O3/c16-10-5-9(7-19-8-10)13-6-14(25-15(17)18)21(20-13)11-1-3-12(4-2-11)22(23)24/h1-8,15H. The quantitative estimate of drug-likeness (QED) is 0.464. The van der Waals surface area contributed by atoms with E-state index < -0.39 is 11.5 Å². The summed E-state index contributed by atoms with van der Waals surface area (Å²) < 4.78 is 31.7. The van der Waals surface area contributed by atoms with Gasteiger partial charge >= 0.3 is 6.61 Å². The molecule has 10 heteroatoms. The van der Waals surface area contributed by atoms with Crippen LogP contribution in [0.1, 0.15) is 0 Å². The molecule has 2 aromatic heterocycles. The third kappa shape index (κ3) is 3.79. The zero-order chi connectivity index (χ0) is 18.0. The van der Waals surface area contributed by atoms with E-state index in [4.69, 9.17) is 0 Å². The van der Waals surface area contributed by atoms with Crippen molar-refractivity contribution < 1.29 is 18.4 Å². The number of non-ortho nitro benzene ring substituents is 1. The molecule has 3 rings (SSSR count). The van der Waals surface area contributed by atoms with Gasteiger partial charge in [-0.1, -0.05) is 0 Å². The number of halogens is 3. The molecule has 0 N–H and O–H groups in total. The Balaban J connectivity index is 2.06. The van der Waals surface area contributed by atoms with E-state index in [2.05, 4.69) is 30.7 Å². The predicted molar refractivity (Wildman–Crippen MR) is 87.8 cm³/mol. The molecule has 0 fully saturated rings. The second-order valence-electron chi connectivity index (χ2n) is 4.82. The highest BCUT2D eigenvalue weighted by molar-refractivity contribution is 9.10. The van der Waals surface area contributed by atoms with E-state index in [9.17, 15) is 18.9 Å². The summed E-state index contributed by atoms with van der Waals surface area (Å²) >= 11 is 3.28. The van der Waals surface area contributed by atoms with Gasteiger partial charge in [-0.05, 0) is 34.1 Å². The fourth-order valence-corrected chi connectivity index (χ4v) is 2.50. The molecule has 0 aliphatic rings. The number of ether oxygens (including phenoxy) is 1. The summed E-state index contributed by atoms with van der Waals surface area (Å²) in [5.41, 5.74) is 1.18. The van der Waals surface area contributed by atoms with Gasteiger partial charge in [-0.2, -0.15) is 13.9 Å². The molecule has 0 atom stereocenters. The first-order valence-electron chi connectivity index (χ1n) is 6.84.